The molecule has 11 nitrogen and oxygen atoms in total. The lowest BCUT2D eigenvalue weighted by atomic mass is 10.0. The van der Waals surface area contributed by atoms with Gasteiger partial charge in [0.2, 0.25) is 11.7 Å². The van der Waals surface area contributed by atoms with E-state index in [9.17, 15) is 8.42 Å². The predicted octanol–water partition coefficient (Wildman–Crippen LogP) is 4.32. The lowest BCUT2D eigenvalue weighted by Gasteiger charge is -2.34. The number of nitrogens with zero attached hydrogens (tertiary/aromatic N) is 6. The zero-order chi connectivity index (χ0) is 29.1. The molecule has 3 heterocycles. The van der Waals surface area contributed by atoms with Crippen LogP contribution < -0.4 is 19.1 Å². The van der Waals surface area contributed by atoms with E-state index in [4.69, 9.17) is 9.47 Å². The maximum Gasteiger partial charge on any atom is 0.268 e. The van der Waals surface area contributed by atoms with E-state index in [1.807, 2.05) is 63.2 Å². The molecule has 0 bridgehead atoms. The molecule has 0 saturated carbocycles. The molecule has 1 aliphatic rings. The Morgan fingerprint density at radius 1 is 0.976 bits per heavy atom. The lowest BCUT2D eigenvalue weighted by molar-refractivity contribution is 0.231. The molecule has 0 atom stereocenters. The standard InChI is InChI=1S/C29H35N7O4S/c1-20(2)39-27-26(25-12-7-6-9-21(25)3)31-29(33-41(37,38)24-18-30-35(5)19-24)32-28(27)40-23-11-8-10-22(17-23)36-15-13-34(4)14-16-36/h6-12,17-20H,13-16H2,1-5H3,(H,31,32,33). The highest BCUT2D eigenvalue weighted by Gasteiger charge is 2.25. The number of piperazine rings is 1. The van der Waals surface area contributed by atoms with Crippen LogP contribution in [0.2, 0.25) is 0 Å². The summed E-state index contributed by atoms with van der Waals surface area (Å²) < 4.78 is 42.9. The summed E-state index contributed by atoms with van der Waals surface area (Å²) in [7, 11) is -0.254. The fourth-order valence-corrected chi connectivity index (χ4v) is 5.47. The third-order valence-corrected chi connectivity index (χ3v) is 7.99. The molecule has 1 aliphatic heterocycles. The molecule has 1 fully saturated rings. The normalized spacial score (nSPS) is 14.3. The summed E-state index contributed by atoms with van der Waals surface area (Å²) in [5.74, 6) is 0.828. The van der Waals surface area contributed by atoms with Crippen LogP contribution in [-0.4, -0.2) is 72.4 Å². The third-order valence-electron chi connectivity index (χ3n) is 6.71. The van der Waals surface area contributed by atoms with Gasteiger partial charge >= 0.3 is 0 Å². The van der Waals surface area contributed by atoms with Crippen molar-refractivity contribution in [1.29, 1.82) is 0 Å². The van der Waals surface area contributed by atoms with E-state index in [1.165, 1.54) is 17.1 Å². The summed E-state index contributed by atoms with van der Waals surface area (Å²) in [6.07, 6.45) is 2.45. The molecule has 0 amide bonds. The van der Waals surface area contributed by atoms with Crippen molar-refractivity contribution in [3.63, 3.8) is 0 Å². The van der Waals surface area contributed by atoms with Crippen molar-refractivity contribution in [3.8, 4) is 28.6 Å². The number of aromatic nitrogens is 4. The maximum atomic E-state index is 13.2. The molecule has 0 unspecified atom stereocenters. The Kier molecular flexibility index (Phi) is 8.13. The van der Waals surface area contributed by atoms with E-state index in [0.717, 1.165) is 43.0 Å². The van der Waals surface area contributed by atoms with Gasteiger partial charge in [-0.1, -0.05) is 30.3 Å². The second-order valence-corrected chi connectivity index (χ2v) is 12.0. The first-order valence-electron chi connectivity index (χ1n) is 13.5. The summed E-state index contributed by atoms with van der Waals surface area (Å²) in [6, 6.07) is 15.5. The number of benzene rings is 2. The van der Waals surface area contributed by atoms with Crippen LogP contribution >= 0.6 is 0 Å². The van der Waals surface area contributed by atoms with Crippen LogP contribution in [-0.2, 0) is 17.1 Å². The van der Waals surface area contributed by atoms with Gasteiger partial charge in [-0.15, -0.1) is 0 Å². The molecule has 2 aromatic carbocycles. The molecule has 0 spiro atoms. The average molecular weight is 578 g/mol. The minimum Gasteiger partial charge on any atom is -0.484 e. The van der Waals surface area contributed by atoms with Crippen molar-refractivity contribution in [1.82, 2.24) is 24.6 Å². The number of sulfonamides is 1. The Morgan fingerprint density at radius 3 is 2.41 bits per heavy atom. The number of likely N-dealkylation sites (N-methyl/N-ethyl adjacent to an activating group) is 1. The molecular formula is C29H35N7O4S. The monoisotopic (exact) mass is 577 g/mol. The van der Waals surface area contributed by atoms with Crippen LogP contribution in [0.5, 0.6) is 17.4 Å². The fraction of sp³-hybridized carbons (Fsp3) is 0.345. The Labute approximate surface area is 240 Å². The number of anilines is 2. The van der Waals surface area contributed by atoms with Crippen molar-refractivity contribution in [2.75, 3.05) is 42.8 Å². The minimum atomic E-state index is -4.02. The highest BCUT2D eigenvalue weighted by molar-refractivity contribution is 7.92. The van der Waals surface area contributed by atoms with Gasteiger partial charge in [0, 0.05) is 56.7 Å². The first-order chi connectivity index (χ1) is 19.6. The number of hydrogen-bond acceptors (Lipinski definition) is 9. The number of hydrogen-bond donors (Lipinski definition) is 1. The molecule has 5 rings (SSSR count). The smallest absolute Gasteiger partial charge is 0.268 e. The second-order valence-electron chi connectivity index (χ2n) is 10.4. The molecule has 0 aliphatic carbocycles. The van der Waals surface area contributed by atoms with Gasteiger partial charge in [0.25, 0.3) is 15.9 Å². The quantitative estimate of drug-likeness (QED) is 0.311. The number of ether oxygens (including phenoxy) is 2. The summed E-state index contributed by atoms with van der Waals surface area (Å²) in [5, 5.41) is 3.98. The van der Waals surface area contributed by atoms with Crippen LogP contribution in [0.1, 0.15) is 19.4 Å². The van der Waals surface area contributed by atoms with Gasteiger partial charge in [-0.05, 0) is 45.5 Å². The van der Waals surface area contributed by atoms with E-state index in [2.05, 4.69) is 42.7 Å². The zero-order valence-corrected chi connectivity index (χ0v) is 24.7. The zero-order valence-electron chi connectivity index (χ0n) is 23.9. The van der Waals surface area contributed by atoms with Crippen molar-refractivity contribution >= 4 is 21.7 Å². The Hall–Kier alpha value is -4.16. The maximum absolute atomic E-state index is 13.2. The van der Waals surface area contributed by atoms with Crippen LogP contribution in [0.15, 0.2) is 65.8 Å². The van der Waals surface area contributed by atoms with Gasteiger partial charge in [-0.2, -0.15) is 10.1 Å². The first kappa shape index (κ1) is 28.4. The Bertz CT molecular complexity index is 1630. The van der Waals surface area contributed by atoms with Gasteiger partial charge in [-0.25, -0.2) is 18.1 Å². The van der Waals surface area contributed by atoms with Crippen molar-refractivity contribution in [2.45, 2.75) is 31.8 Å². The Balaban J connectivity index is 1.59. The fourth-order valence-electron chi connectivity index (χ4n) is 4.54. The van der Waals surface area contributed by atoms with Crippen LogP contribution in [0.3, 0.4) is 0 Å². The van der Waals surface area contributed by atoms with E-state index < -0.39 is 10.0 Å². The van der Waals surface area contributed by atoms with Crippen molar-refractivity contribution in [3.05, 3.63) is 66.5 Å². The summed E-state index contributed by atoms with van der Waals surface area (Å²) >= 11 is 0. The van der Waals surface area contributed by atoms with Gasteiger partial charge in [0.1, 0.15) is 16.3 Å². The molecule has 12 heteroatoms. The molecule has 4 aromatic rings. The molecular weight excluding hydrogens is 542 g/mol. The van der Waals surface area contributed by atoms with Gasteiger partial charge in [0.15, 0.2) is 0 Å². The molecule has 2 aromatic heterocycles. The largest absolute Gasteiger partial charge is 0.484 e. The summed E-state index contributed by atoms with van der Waals surface area (Å²) in [4.78, 5) is 13.7. The predicted molar refractivity (Wildman–Crippen MR) is 158 cm³/mol. The van der Waals surface area contributed by atoms with Gasteiger partial charge < -0.3 is 19.3 Å². The van der Waals surface area contributed by atoms with Crippen LogP contribution in [0.4, 0.5) is 11.6 Å². The second kappa shape index (κ2) is 11.8. The Morgan fingerprint density at radius 2 is 1.73 bits per heavy atom. The van der Waals surface area contributed by atoms with Crippen molar-refractivity contribution < 1.29 is 17.9 Å². The number of nitrogens with one attached hydrogen (secondary N) is 1. The molecule has 216 valence electrons. The highest BCUT2D eigenvalue weighted by Crippen LogP contribution is 2.41. The highest BCUT2D eigenvalue weighted by atomic mass is 32.2. The molecule has 0 radical (unpaired) electrons. The average Bonchev–Trinajstić information content (AvgIpc) is 3.38. The molecule has 1 N–H and O–H groups in total. The summed E-state index contributed by atoms with van der Waals surface area (Å²) in [6.45, 7) is 9.53. The van der Waals surface area contributed by atoms with Crippen LogP contribution in [0.25, 0.3) is 11.3 Å². The lowest BCUT2D eigenvalue weighted by Crippen LogP contribution is -2.44. The van der Waals surface area contributed by atoms with E-state index in [0.29, 0.717) is 17.2 Å². The molecule has 41 heavy (non-hydrogen) atoms. The SMILES string of the molecule is Cc1ccccc1-c1nc(NS(=O)(=O)c2cnn(C)c2)nc(Oc2cccc(N3CCN(C)CC3)c2)c1OC(C)C. The third kappa shape index (κ3) is 6.60. The van der Waals surface area contributed by atoms with E-state index in [1.54, 1.807) is 7.05 Å². The minimum absolute atomic E-state index is 0.00843. The molecule has 1 saturated heterocycles. The van der Waals surface area contributed by atoms with Crippen molar-refractivity contribution in [2.24, 2.45) is 7.05 Å². The summed E-state index contributed by atoms with van der Waals surface area (Å²) in [5.41, 5.74) is 3.15. The number of rotatable bonds is 9. The van der Waals surface area contributed by atoms with Crippen LogP contribution in [0, 0.1) is 6.92 Å². The van der Waals surface area contributed by atoms with Gasteiger partial charge in [-0.3, -0.25) is 4.68 Å². The first-order valence-corrected chi connectivity index (χ1v) is 14.9. The van der Waals surface area contributed by atoms with E-state index in [-0.39, 0.29) is 22.8 Å². The topological polar surface area (TPSA) is 115 Å². The van der Waals surface area contributed by atoms with Gasteiger partial charge in [0.05, 0.1) is 12.3 Å². The number of aryl methyl sites for hydroxylation is 2. The van der Waals surface area contributed by atoms with E-state index >= 15 is 0 Å².